The first-order valence-corrected chi connectivity index (χ1v) is 11.7. The van der Waals surface area contributed by atoms with Crippen LogP contribution in [0.4, 0.5) is 0 Å². The van der Waals surface area contributed by atoms with Crippen LogP contribution in [0.2, 0.25) is 0 Å². The molecule has 6 heteroatoms. The third-order valence-electron chi connectivity index (χ3n) is 7.12. The van der Waals surface area contributed by atoms with Crippen LogP contribution in [0.1, 0.15) is 52.7 Å². The van der Waals surface area contributed by atoms with Crippen molar-refractivity contribution in [1.29, 1.82) is 0 Å². The average Bonchev–Trinajstić information content (AvgIpc) is 3.07. The number of methoxy groups -OCH3 is 1. The second-order valence-electron chi connectivity index (χ2n) is 9.10. The summed E-state index contributed by atoms with van der Waals surface area (Å²) in [5.41, 5.74) is 6.50. The van der Waals surface area contributed by atoms with Gasteiger partial charge >= 0.3 is 5.69 Å². The zero-order valence-electron chi connectivity index (χ0n) is 19.0. The highest BCUT2D eigenvalue weighted by atomic mass is 16.5. The number of rotatable bonds is 7. The monoisotopic (exact) mass is 433 g/mol. The molecule has 0 fully saturated rings. The van der Waals surface area contributed by atoms with Crippen molar-refractivity contribution in [2.45, 2.75) is 51.6 Å². The van der Waals surface area contributed by atoms with E-state index in [1.165, 1.54) is 11.1 Å². The number of ketones is 1. The molecule has 0 unspecified atom stereocenters. The highest BCUT2D eigenvalue weighted by molar-refractivity contribution is 6.00. The second-order valence-corrected chi connectivity index (χ2v) is 9.10. The molecule has 168 valence electrons. The molecule has 0 N–H and O–H groups in total. The Balaban J connectivity index is 1.20. The molecule has 0 amide bonds. The van der Waals surface area contributed by atoms with Crippen LogP contribution in [0.3, 0.4) is 0 Å². The van der Waals surface area contributed by atoms with E-state index >= 15 is 0 Å². The first-order valence-electron chi connectivity index (χ1n) is 11.7. The molecule has 0 atom stereocenters. The maximum absolute atomic E-state index is 12.9. The van der Waals surface area contributed by atoms with Gasteiger partial charge in [0.25, 0.3) is 0 Å². The van der Waals surface area contributed by atoms with Crippen molar-refractivity contribution in [1.82, 2.24) is 14.0 Å². The van der Waals surface area contributed by atoms with Crippen molar-refractivity contribution >= 4 is 16.8 Å². The largest absolute Gasteiger partial charge is 0.496 e. The fourth-order valence-electron chi connectivity index (χ4n) is 5.39. The van der Waals surface area contributed by atoms with Crippen molar-refractivity contribution < 1.29 is 9.53 Å². The Morgan fingerprint density at radius 1 is 1.09 bits per heavy atom. The van der Waals surface area contributed by atoms with Gasteiger partial charge in [-0.15, -0.1) is 0 Å². The van der Waals surface area contributed by atoms with Crippen molar-refractivity contribution in [2.75, 3.05) is 20.2 Å². The van der Waals surface area contributed by atoms with Crippen molar-refractivity contribution in [3.8, 4) is 5.75 Å². The number of unbranched alkanes of at least 4 members (excludes halogenated alkanes) is 1. The summed E-state index contributed by atoms with van der Waals surface area (Å²) in [6, 6.07) is 10.2. The van der Waals surface area contributed by atoms with Crippen molar-refractivity contribution in [2.24, 2.45) is 7.05 Å². The van der Waals surface area contributed by atoms with E-state index in [9.17, 15) is 9.59 Å². The molecule has 2 aliphatic heterocycles. The quantitative estimate of drug-likeness (QED) is 0.421. The fourth-order valence-corrected chi connectivity index (χ4v) is 5.39. The van der Waals surface area contributed by atoms with Crippen LogP contribution in [0, 0.1) is 0 Å². The van der Waals surface area contributed by atoms with Gasteiger partial charge in [-0.05, 0) is 73.5 Å². The van der Waals surface area contributed by atoms with E-state index in [1.807, 2.05) is 22.8 Å². The molecule has 0 spiro atoms. The maximum atomic E-state index is 12.9. The first-order chi connectivity index (χ1) is 15.6. The number of nitrogens with zero attached hydrogens (tertiary/aromatic N) is 3. The number of Topliss-reactive ketones (excluding diaryl/α,β-unsaturated/α-hetero) is 1. The smallest absolute Gasteiger partial charge is 0.328 e. The van der Waals surface area contributed by atoms with Gasteiger partial charge in [0.1, 0.15) is 5.75 Å². The van der Waals surface area contributed by atoms with Gasteiger partial charge in [0.2, 0.25) is 0 Å². The molecular formula is C26H31N3O3. The number of aromatic nitrogens is 2. The molecule has 0 saturated carbocycles. The fraction of sp³-hybridized carbons (Fsp3) is 0.462. The molecule has 0 bridgehead atoms. The molecule has 3 heterocycles. The normalized spacial score (nSPS) is 15.7. The van der Waals surface area contributed by atoms with E-state index in [4.69, 9.17) is 4.74 Å². The highest BCUT2D eigenvalue weighted by Gasteiger charge is 2.21. The first kappa shape index (κ1) is 21.0. The van der Waals surface area contributed by atoms with Crippen LogP contribution < -0.4 is 10.4 Å². The number of hydrogen-bond donors (Lipinski definition) is 0. The van der Waals surface area contributed by atoms with Crippen LogP contribution in [-0.4, -0.2) is 40.0 Å². The molecule has 2 aromatic carbocycles. The summed E-state index contributed by atoms with van der Waals surface area (Å²) in [6.45, 7) is 3.76. The van der Waals surface area contributed by atoms with E-state index in [0.717, 1.165) is 86.2 Å². The molecular weight excluding hydrogens is 402 g/mol. The average molecular weight is 434 g/mol. The molecule has 6 nitrogen and oxygen atoms in total. The Morgan fingerprint density at radius 2 is 1.97 bits per heavy atom. The van der Waals surface area contributed by atoms with Gasteiger partial charge < -0.3 is 4.74 Å². The Kier molecular flexibility index (Phi) is 5.64. The van der Waals surface area contributed by atoms with Gasteiger partial charge in [-0.1, -0.05) is 12.1 Å². The number of carbonyl (C=O) groups is 1. The van der Waals surface area contributed by atoms with E-state index < -0.39 is 0 Å². The van der Waals surface area contributed by atoms with Gasteiger partial charge in [-0.2, -0.15) is 0 Å². The lowest BCUT2D eigenvalue weighted by molar-refractivity contribution is 0.0977. The molecule has 2 aliphatic rings. The number of benzene rings is 2. The number of hydrogen-bond acceptors (Lipinski definition) is 4. The zero-order chi connectivity index (χ0) is 22.2. The number of aryl methyl sites for hydroxylation is 3. The van der Waals surface area contributed by atoms with Crippen molar-refractivity contribution in [3.05, 3.63) is 63.1 Å². The Morgan fingerprint density at radius 3 is 2.81 bits per heavy atom. The SMILES string of the molecule is COc1cccc2c1CCN(CCCCC(=O)c1cc3c4c(c1)n(C)c(=O)n4CCC3)C2. The maximum Gasteiger partial charge on any atom is 0.328 e. The summed E-state index contributed by atoms with van der Waals surface area (Å²) in [5.74, 6) is 1.18. The Labute approximate surface area is 188 Å². The van der Waals surface area contributed by atoms with Gasteiger partial charge in [0, 0.05) is 38.7 Å². The molecule has 0 radical (unpaired) electrons. The van der Waals surface area contributed by atoms with E-state index in [2.05, 4.69) is 17.0 Å². The summed E-state index contributed by atoms with van der Waals surface area (Å²) in [7, 11) is 3.54. The summed E-state index contributed by atoms with van der Waals surface area (Å²) in [6.07, 6.45) is 5.34. The second kappa shape index (κ2) is 8.58. The predicted octanol–water partition coefficient (Wildman–Crippen LogP) is 3.71. The van der Waals surface area contributed by atoms with E-state index in [1.54, 1.807) is 18.7 Å². The molecule has 5 rings (SSSR count). The van der Waals surface area contributed by atoms with Crippen LogP contribution in [0.25, 0.3) is 11.0 Å². The minimum absolute atomic E-state index is 0.0197. The molecule has 32 heavy (non-hydrogen) atoms. The predicted molar refractivity (Wildman–Crippen MR) is 126 cm³/mol. The molecule has 3 aromatic rings. The minimum Gasteiger partial charge on any atom is -0.496 e. The van der Waals surface area contributed by atoms with Gasteiger partial charge in [0.15, 0.2) is 5.78 Å². The lowest BCUT2D eigenvalue weighted by Gasteiger charge is -2.29. The standard InChI is InChI=1S/C26H31N3O3/c1-27-22-16-20(15-18-8-6-13-29(25(18)22)26(27)31)23(30)9-3-4-12-28-14-11-21-19(17-28)7-5-10-24(21)32-2/h5,7,10,15-16H,3-4,6,8-9,11-14,17H2,1-2H3. The van der Waals surface area contributed by atoms with E-state index in [0.29, 0.717) is 6.42 Å². The van der Waals surface area contributed by atoms with Gasteiger partial charge in [0.05, 0.1) is 18.1 Å². The minimum atomic E-state index is 0.0197. The number of fused-ring (bicyclic) bond motifs is 1. The Bertz CT molecular complexity index is 1240. The number of ether oxygens (including phenoxy) is 1. The Hall–Kier alpha value is -2.86. The van der Waals surface area contributed by atoms with Crippen molar-refractivity contribution in [3.63, 3.8) is 0 Å². The molecule has 0 saturated heterocycles. The topological polar surface area (TPSA) is 56.5 Å². The number of carbonyl (C=O) groups excluding carboxylic acids is 1. The van der Waals surface area contributed by atoms with Crippen LogP contribution in [0.5, 0.6) is 5.75 Å². The van der Waals surface area contributed by atoms with Crippen LogP contribution in [-0.2, 0) is 33.0 Å². The van der Waals surface area contributed by atoms with Gasteiger partial charge in [-0.3, -0.25) is 18.8 Å². The third kappa shape index (κ3) is 3.66. The highest BCUT2D eigenvalue weighted by Crippen LogP contribution is 2.28. The molecule has 1 aromatic heterocycles. The van der Waals surface area contributed by atoms with E-state index in [-0.39, 0.29) is 11.5 Å². The summed E-state index contributed by atoms with van der Waals surface area (Å²) in [4.78, 5) is 27.9. The summed E-state index contributed by atoms with van der Waals surface area (Å²) >= 11 is 0. The summed E-state index contributed by atoms with van der Waals surface area (Å²) < 4.78 is 9.04. The number of imidazole rings is 1. The summed E-state index contributed by atoms with van der Waals surface area (Å²) in [5, 5.41) is 0. The van der Waals surface area contributed by atoms with Crippen LogP contribution >= 0.6 is 0 Å². The lowest BCUT2D eigenvalue weighted by Crippen LogP contribution is -2.31. The van der Waals surface area contributed by atoms with Crippen LogP contribution in [0.15, 0.2) is 35.1 Å². The zero-order valence-corrected chi connectivity index (χ0v) is 19.0. The third-order valence-corrected chi connectivity index (χ3v) is 7.12. The lowest BCUT2D eigenvalue weighted by atomic mass is 9.97. The molecule has 0 aliphatic carbocycles. The van der Waals surface area contributed by atoms with Gasteiger partial charge in [-0.25, -0.2) is 4.79 Å².